The molecule has 0 atom stereocenters. The Morgan fingerprint density at radius 3 is 2.95 bits per heavy atom. The Hall–Kier alpha value is -2.51. The zero-order valence-corrected chi connectivity index (χ0v) is 11.2. The van der Waals surface area contributed by atoms with Gasteiger partial charge >= 0.3 is 0 Å². The highest BCUT2D eigenvalue weighted by atomic mass is 16.2. The SMILES string of the molecule is Cc1cc(C#CCCO)cc(NC(=O)c2ccc[nH]2)c1. The monoisotopic (exact) mass is 268 g/mol. The Morgan fingerprint density at radius 1 is 1.40 bits per heavy atom. The van der Waals surface area contributed by atoms with Crippen LogP contribution in [0.15, 0.2) is 36.5 Å². The summed E-state index contributed by atoms with van der Waals surface area (Å²) in [5.74, 6) is 5.65. The predicted molar refractivity (Wildman–Crippen MR) is 78.5 cm³/mol. The molecule has 0 spiro atoms. The van der Waals surface area contributed by atoms with Gasteiger partial charge in [-0.3, -0.25) is 4.79 Å². The summed E-state index contributed by atoms with van der Waals surface area (Å²) in [6, 6.07) is 9.13. The standard InChI is InChI=1S/C16H16N2O2/c1-12-9-13(5-2-3-8-19)11-14(10-12)18-16(20)15-6-4-7-17-15/h4,6-7,9-11,17,19H,3,8H2,1H3,(H,18,20). The molecule has 1 aromatic heterocycles. The average molecular weight is 268 g/mol. The number of carbonyl (C=O) groups excluding carboxylic acids is 1. The lowest BCUT2D eigenvalue weighted by atomic mass is 10.1. The molecule has 0 aliphatic carbocycles. The van der Waals surface area contributed by atoms with Crippen molar-refractivity contribution >= 4 is 11.6 Å². The molecule has 3 N–H and O–H groups in total. The molecule has 0 saturated heterocycles. The Morgan fingerprint density at radius 2 is 2.25 bits per heavy atom. The average Bonchev–Trinajstić information content (AvgIpc) is 2.92. The van der Waals surface area contributed by atoms with Crippen LogP contribution in [0.25, 0.3) is 0 Å². The van der Waals surface area contributed by atoms with E-state index < -0.39 is 0 Å². The third-order valence-electron chi connectivity index (χ3n) is 2.65. The van der Waals surface area contributed by atoms with E-state index in [0.717, 1.165) is 11.1 Å². The van der Waals surface area contributed by atoms with Crippen molar-refractivity contribution in [2.75, 3.05) is 11.9 Å². The first-order chi connectivity index (χ1) is 9.69. The van der Waals surface area contributed by atoms with Crippen molar-refractivity contribution in [3.8, 4) is 11.8 Å². The number of aliphatic hydroxyl groups is 1. The lowest BCUT2D eigenvalue weighted by molar-refractivity contribution is 0.102. The number of rotatable bonds is 3. The molecule has 20 heavy (non-hydrogen) atoms. The van der Waals surface area contributed by atoms with Gasteiger partial charge in [0, 0.05) is 23.9 Å². The van der Waals surface area contributed by atoms with Crippen LogP contribution in [0.4, 0.5) is 5.69 Å². The number of carbonyl (C=O) groups is 1. The molecule has 102 valence electrons. The van der Waals surface area contributed by atoms with Crippen LogP contribution in [0.3, 0.4) is 0 Å². The van der Waals surface area contributed by atoms with Gasteiger partial charge in [-0.05, 0) is 42.8 Å². The number of hydrogen-bond acceptors (Lipinski definition) is 2. The van der Waals surface area contributed by atoms with E-state index in [0.29, 0.717) is 17.8 Å². The molecule has 0 radical (unpaired) electrons. The van der Waals surface area contributed by atoms with Gasteiger partial charge in [0.05, 0.1) is 6.61 Å². The molecule has 4 nitrogen and oxygen atoms in total. The normalized spacial score (nSPS) is 9.70. The van der Waals surface area contributed by atoms with Gasteiger partial charge in [-0.15, -0.1) is 0 Å². The Balaban J connectivity index is 2.16. The summed E-state index contributed by atoms with van der Waals surface area (Å²) in [7, 11) is 0. The number of amides is 1. The molecule has 0 fully saturated rings. The number of aliphatic hydroxyl groups excluding tert-OH is 1. The van der Waals surface area contributed by atoms with Gasteiger partial charge in [-0.1, -0.05) is 11.8 Å². The summed E-state index contributed by atoms with van der Waals surface area (Å²) in [6.07, 6.45) is 2.15. The number of aromatic nitrogens is 1. The quantitative estimate of drug-likeness (QED) is 0.748. The molecular formula is C16H16N2O2. The van der Waals surface area contributed by atoms with Crippen molar-refractivity contribution in [3.63, 3.8) is 0 Å². The van der Waals surface area contributed by atoms with Crippen LogP contribution >= 0.6 is 0 Å². The van der Waals surface area contributed by atoms with E-state index >= 15 is 0 Å². The van der Waals surface area contributed by atoms with Gasteiger partial charge in [0.2, 0.25) is 0 Å². The minimum Gasteiger partial charge on any atom is -0.395 e. The third kappa shape index (κ3) is 3.74. The van der Waals surface area contributed by atoms with Crippen LogP contribution in [0.2, 0.25) is 0 Å². The number of hydrogen-bond donors (Lipinski definition) is 3. The summed E-state index contributed by atoms with van der Waals surface area (Å²) in [6.45, 7) is 2.00. The molecule has 0 aliphatic heterocycles. The zero-order valence-electron chi connectivity index (χ0n) is 11.2. The third-order valence-corrected chi connectivity index (χ3v) is 2.65. The van der Waals surface area contributed by atoms with E-state index in [4.69, 9.17) is 5.11 Å². The molecule has 1 amide bonds. The van der Waals surface area contributed by atoms with E-state index in [1.54, 1.807) is 18.3 Å². The zero-order chi connectivity index (χ0) is 14.4. The summed E-state index contributed by atoms with van der Waals surface area (Å²) in [5.41, 5.74) is 3.06. The highest BCUT2D eigenvalue weighted by Crippen LogP contribution is 2.15. The molecule has 0 bridgehead atoms. The van der Waals surface area contributed by atoms with Gasteiger partial charge in [0.25, 0.3) is 5.91 Å². The Kier molecular flexibility index (Phi) is 4.59. The molecule has 0 unspecified atom stereocenters. The molecule has 0 saturated carbocycles. The number of anilines is 1. The van der Waals surface area contributed by atoms with E-state index in [2.05, 4.69) is 22.1 Å². The lowest BCUT2D eigenvalue weighted by Gasteiger charge is -2.06. The minimum absolute atomic E-state index is 0.0508. The topological polar surface area (TPSA) is 65.1 Å². The van der Waals surface area contributed by atoms with Crippen molar-refractivity contribution < 1.29 is 9.90 Å². The van der Waals surface area contributed by atoms with Crippen molar-refractivity contribution in [2.45, 2.75) is 13.3 Å². The molecule has 2 aromatic rings. The fourth-order valence-electron chi connectivity index (χ4n) is 1.82. The second-order valence-electron chi connectivity index (χ2n) is 4.40. The molecule has 4 heteroatoms. The van der Waals surface area contributed by atoms with Crippen molar-refractivity contribution in [2.24, 2.45) is 0 Å². The largest absolute Gasteiger partial charge is 0.395 e. The van der Waals surface area contributed by atoms with E-state index in [9.17, 15) is 4.79 Å². The number of benzene rings is 1. The molecular weight excluding hydrogens is 252 g/mol. The molecule has 1 aromatic carbocycles. The maximum absolute atomic E-state index is 11.9. The van der Waals surface area contributed by atoms with Gasteiger partial charge in [0.1, 0.15) is 5.69 Å². The van der Waals surface area contributed by atoms with E-state index in [1.165, 1.54) is 0 Å². The van der Waals surface area contributed by atoms with Crippen molar-refractivity contribution in [3.05, 3.63) is 53.3 Å². The number of aryl methyl sites for hydroxylation is 1. The minimum atomic E-state index is -0.185. The van der Waals surface area contributed by atoms with Gasteiger partial charge in [0.15, 0.2) is 0 Å². The Bertz CT molecular complexity index is 649. The number of H-pyrrole nitrogens is 1. The van der Waals surface area contributed by atoms with Crippen LogP contribution in [-0.4, -0.2) is 22.6 Å². The highest BCUT2D eigenvalue weighted by molar-refractivity contribution is 6.03. The maximum Gasteiger partial charge on any atom is 0.272 e. The van der Waals surface area contributed by atoms with Gasteiger partial charge in [-0.2, -0.15) is 0 Å². The van der Waals surface area contributed by atoms with Crippen LogP contribution in [0, 0.1) is 18.8 Å². The first kappa shape index (κ1) is 13.9. The molecule has 0 aliphatic rings. The lowest BCUT2D eigenvalue weighted by Crippen LogP contribution is -2.12. The highest BCUT2D eigenvalue weighted by Gasteiger charge is 2.06. The van der Waals surface area contributed by atoms with Gasteiger partial charge in [-0.25, -0.2) is 0 Å². The fourth-order valence-corrected chi connectivity index (χ4v) is 1.82. The number of nitrogens with one attached hydrogen (secondary N) is 2. The fraction of sp³-hybridized carbons (Fsp3) is 0.188. The van der Waals surface area contributed by atoms with Gasteiger partial charge < -0.3 is 15.4 Å². The summed E-state index contributed by atoms with van der Waals surface area (Å²) in [5, 5.41) is 11.5. The second kappa shape index (κ2) is 6.60. The van der Waals surface area contributed by atoms with Crippen LogP contribution in [0.5, 0.6) is 0 Å². The predicted octanol–water partition coefficient (Wildman–Crippen LogP) is 2.31. The second-order valence-corrected chi connectivity index (χ2v) is 4.40. The van der Waals surface area contributed by atoms with E-state index in [-0.39, 0.29) is 12.5 Å². The molecule has 2 rings (SSSR count). The summed E-state index contributed by atoms with van der Waals surface area (Å²) >= 11 is 0. The molecule has 1 heterocycles. The van der Waals surface area contributed by atoms with Crippen molar-refractivity contribution in [1.29, 1.82) is 0 Å². The summed E-state index contributed by atoms with van der Waals surface area (Å²) < 4.78 is 0. The number of aromatic amines is 1. The smallest absolute Gasteiger partial charge is 0.272 e. The maximum atomic E-state index is 11.9. The van der Waals surface area contributed by atoms with Crippen LogP contribution in [-0.2, 0) is 0 Å². The van der Waals surface area contributed by atoms with Crippen molar-refractivity contribution in [1.82, 2.24) is 4.98 Å². The van der Waals surface area contributed by atoms with Crippen LogP contribution in [0.1, 0.15) is 28.0 Å². The summed E-state index contributed by atoms with van der Waals surface area (Å²) in [4.78, 5) is 14.8. The van der Waals surface area contributed by atoms with Crippen LogP contribution < -0.4 is 5.32 Å². The first-order valence-corrected chi connectivity index (χ1v) is 6.35. The van der Waals surface area contributed by atoms with E-state index in [1.807, 2.05) is 25.1 Å². The Labute approximate surface area is 117 Å². The first-order valence-electron chi connectivity index (χ1n) is 6.35.